The molecule has 0 unspecified atom stereocenters. The van der Waals surface area contributed by atoms with Crippen LogP contribution in [0.25, 0.3) is 0 Å². The van der Waals surface area contributed by atoms with E-state index in [0.717, 1.165) is 0 Å². The van der Waals surface area contributed by atoms with Gasteiger partial charge in [-0.05, 0) is 0 Å². The molecule has 0 aliphatic rings. The van der Waals surface area contributed by atoms with Crippen LogP contribution in [0, 0.1) is 0 Å². The van der Waals surface area contributed by atoms with Crippen LogP contribution in [0.4, 0.5) is 0 Å². The van der Waals surface area contributed by atoms with Gasteiger partial charge in [0, 0.05) is 9.90 Å². The molecule has 0 aromatic heterocycles. The summed E-state index contributed by atoms with van der Waals surface area (Å²) in [6, 6.07) is 0. The molecule has 0 atom stereocenters. The molecule has 0 aliphatic carbocycles. The van der Waals surface area contributed by atoms with Crippen molar-refractivity contribution in [1.29, 1.82) is 0 Å². The molecule has 0 spiro atoms. The van der Waals surface area contributed by atoms with E-state index < -0.39 is 8.60 Å². The van der Waals surface area contributed by atoms with E-state index in [1.807, 2.05) is 0 Å². The SMILES string of the molecule is OP(O)O.[NaH].[P]. The fourth-order valence-electron chi connectivity index (χ4n) is 0. The first-order chi connectivity index (χ1) is 1.73. The van der Waals surface area contributed by atoms with Crippen molar-refractivity contribution < 1.29 is 14.7 Å². The van der Waals surface area contributed by atoms with Crippen LogP contribution in [-0.4, -0.2) is 44.2 Å². The molecule has 0 saturated carbocycles. The average Bonchev–Trinajstić information content (AvgIpc) is 0.811. The Balaban J connectivity index is -0.0000000450. The van der Waals surface area contributed by atoms with Crippen LogP contribution in [0.1, 0.15) is 0 Å². The molecule has 0 amide bonds. The van der Waals surface area contributed by atoms with Crippen LogP contribution in [-0.2, 0) is 0 Å². The fourth-order valence-corrected chi connectivity index (χ4v) is 0. The maximum atomic E-state index is 7.23. The zero-order valence-corrected chi connectivity index (χ0v) is 4.02. The summed E-state index contributed by atoms with van der Waals surface area (Å²) in [7, 11) is -2.62. The van der Waals surface area contributed by atoms with Crippen molar-refractivity contribution in [2.45, 2.75) is 0 Å². The Morgan fingerprint density at radius 1 is 1.00 bits per heavy atom. The minimum absolute atomic E-state index is 0. The largest absolute Gasteiger partial charge is 0 e. The van der Waals surface area contributed by atoms with E-state index in [1.165, 1.54) is 0 Å². The molecule has 0 aromatic rings. The van der Waals surface area contributed by atoms with E-state index in [2.05, 4.69) is 0 Å². The molecule has 0 fully saturated rings. The van der Waals surface area contributed by atoms with Gasteiger partial charge in [-0.15, -0.1) is 0 Å². The number of hydrogen-bond donors (Lipinski definition) is 3. The maximum Gasteiger partial charge on any atom is 0 e. The minimum Gasteiger partial charge on any atom is 0 e. The summed E-state index contributed by atoms with van der Waals surface area (Å²) >= 11 is 0. The summed E-state index contributed by atoms with van der Waals surface area (Å²) in [5, 5.41) is 0. The molecule has 0 aliphatic heterocycles. The monoisotopic (exact) mass is 137 g/mol. The molecule has 3 radical (unpaired) electrons. The first kappa shape index (κ1) is 15.6. The Morgan fingerprint density at radius 3 is 1.00 bits per heavy atom. The Labute approximate surface area is 62.7 Å². The van der Waals surface area contributed by atoms with Crippen molar-refractivity contribution in [2.24, 2.45) is 0 Å². The predicted octanol–water partition coefficient (Wildman–Crippen LogP) is -0.597. The zero-order chi connectivity index (χ0) is 3.58. The summed E-state index contributed by atoms with van der Waals surface area (Å²) in [5.74, 6) is 0. The average molecular weight is 137 g/mol. The first-order valence-electron chi connectivity index (χ1n) is 0.600. The standard InChI is InChI=1S/Na.H3O3P.P.H/c;1-4(2)3;;/h;1-3H;;. The Kier molecular flexibility index (Phi) is 25.8. The molecule has 33 valence electrons. The molecule has 3 N–H and O–H groups in total. The van der Waals surface area contributed by atoms with Crippen LogP contribution in [0.3, 0.4) is 0 Å². The molecule has 0 bridgehead atoms. The van der Waals surface area contributed by atoms with Gasteiger partial charge in [0.15, 0.2) is 0 Å². The molecule has 0 aromatic carbocycles. The van der Waals surface area contributed by atoms with E-state index in [4.69, 9.17) is 14.7 Å². The summed E-state index contributed by atoms with van der Waals surface area (Å²) < 4.78 is 0. The van der Waals surface area contributed by atoms with Crippen molar-refractivity contribution in [3.05, 3.63) is 0 Å². The molecule has 3 nitrogen and oxygen atoms in total. The number of hydrogen-bond acceptors (Lipinski definition) is 3. The van der Waals surface area contributed by atoms with Crippen LogP contribution < -0.4 is 0 Å². The van der Waals surface area contributed by atoms with E-state index in [1.54, 1.807) is 0 Å². The fraction of sp³-hybridized carbons (Fsp3) is 0. The topological polar surface area (TPSA) is 60.7 Å². The summed E-state index contributed by atoms with van der Waals surface area (Å²) in [5.41, 5.74) is 0. The molecular weight excluding hydrogens is 133 g/mol. The molecular formula is H4NaO3P2. The second kappa shape index (κ2) is 9.88. The Bertz CT molecular complexity index is 13.5. The van der Waals surface area contributed by atoms with E-state index in [-0.39, 0.29) is 39.5 Å². The van der Waals surface area contributed by atoms with E-state index in [0.29, 0.717) is 0 Å². The van der Waals surface area contributed by atoms with Gasteiger partial charge in [-0.1, -0.05) is 0 Å². The summed E-state index contributed by atoms with van der Waals surface area (Å²) in [6.07, 6.45) is 0. The van der Waals surface area contributed by atoms with Crippen molar-refractivity contribution in [1.82, 2.24) is 0 Å². The number of rotatable bonds is 0. The second-order valence-electron chi connectivity index (χ2n) is 0.268. The van der Waals surface area contributed by atoms with Gasteiger partial charge in [0.1, 0.15) is 0 Å². The van der Waals surface area contributed by atoms with Gasteiger partial charge in [0.2, 0.25) is 0 Å². The third-order valence-electron chi connectivity index (χ3n) is 0. The van der Waals surface area contributed by atoms with Crippen molar-refractivity contribution in [3.63, 3.8) is 0 Å². The molecule has 0 rings (SSSR count). The van der Waals surface area contributed by atoms with Crippen molar-refractivity contribution >= 4 is 48.1 Å². The van der Waals surface area contributed by atoms with Gasteiger partial charge in [-0.2, -0.15) is 0 Å². The van der Waals surface area contributed by atoms with Crippen LogP contribution in [0.2, 0.25) is 0 Å². The molecule has 6 heavy (non-hydrogen) atoms. The smallest absolute Gasteiger partial charge is 0 e. The van der Waals surface area contributed by atoms with Gasteiger partial charge in [0.25, 0.3) is 0 Å². The summed E-state index contributed by atoms with van der Waals surface area (Å²) in [6.45, 7) is 0. The van der Waals surface area contributed by atoms with Gasteiger partial charge in [-0.3, -0.25) is 0 Å². The second-order valence-corrected chi connectivity index (χ2v) is 0.805. The molecule has 6 heteroatoms. The Morgan fingerprint density at radius 2 is 1.00 bits per heavy atom. The minimum atomic E-state index is -2.62. The maximum absolute atomic E-state index is 7.23. The normalized spacial score (nSPS) is 6.00. The van der Waals surface area contributed by atoms with Crippen LogP contribution >= 0.6 is 18.5 Å². The first-order valence-corrected chi connectivity index (χ1v) is 1.80. The van der Waals surface area contributed by atoms with Crippen LogP contribution in [0.15, 0.2) is 0 Å². The van der Waals surface area contributed by atoms with Gasteiger partial charge in [-0.25, -0.2) is 0 Å². The van der Waals surface area contributed by atoms with Gasteiger partial charge >= 0.3 is 38.2 Å². The van der Waals surface area contributed by atoms with E-state index in [9.17, 15) is 0 Å². The Hall–Kier alpha value is 1.74. The zero-order valence-electron chi connectivity index (χ0n) is 2.24. The third kappa shape index (κ3) is 42.6. The van der Waals surface area contributed by atoms with Gasteiger partial charge in [0.05, 0.1) is 0 Å². The quantitative estimate of drug-likeness (QED) is 0.308. The van der Waals surface area contributed by atoms with Gasteiger partial charge < -0.3 is 14.7 Å². The molecule has 0 saturated heterocycles. The van der Waals surface area contributed by atoms with E-state index >= 15 is 0 Å². The van der Waals surface area contributed by atoms with Crippen molar-refractivity contribution in [2.75, 3.05) is 0 Å². The van der Waals surface area contributed by atoms with Crippen LogP contribution in [0.5, 0.6) is 0 Å². The molecule has 0 heterocycles. The predicted molar refractivity (Wildman–Crippen MR) is 27.6 cm³/mol. The van der Waals surface area contributed by atoms with Crippen molar-refractivity contribution in [3.8, 4) is 0 Å². The third-order valence-corrected chi connectivity index (χ3v) is 0. The summed E-state index contributed by atoms with van der Waals surface area (Å²) in [4.78, 5) is 21.7.